The number of carbonyl (C=O) groups excluding carboxylic acids is 3. The van der Waals surface area contributed by atoms with E-state index in [9.17, 15) is 57.6 Å². The molecule has 0 aliphatic heterocycles. The zero-order valence-electron chi connectivity index (χ0n) is 27.6. The Morgan fingerprint density at radius 3 is 2.00 bits per heavy atom. The van der Waals surface area contributed by atoms with Gasteiger partial charge in [0.05, 0.1) is 43.1 Å². The maximum atomic E-state index is 13.4. The van der Waals surface area contributed by atoms with Gasteiger partial charge in [-0.05, 0) is 60.9 Å². The van der Waals surface area contributed by atoms with Crippen LogP contribution in [0.1, 0.15) is 62.3 Å². The van der Waals surface area contributed by atoms with Gasteiger partial charge in [-0.15, -0.1) is 0 Å². The van der Waals surface area contributed by atoms with E-state index in [0.717, 1.165) is 18.2 Å². The first-order valence-electron chi connectivity index (χ1n) is 15.9. The maximum Gasteiger partial charge on any atom is 0.416 e. The van der Waals surface area contributed by atoms with Crippen LogP contribution in [0.25, 0.3) is 0 Å². The van der Waals surface area contributed by atoms with Crippen molar-refractivity contribution < 1.29 is 62.3 Å². The maximum absolute atomic E-state index is 13.4. The van der Waals surface area contributed by atoms with Gasteiger partial charge in [0.15, 0.2) is 6.10 Å². The van der Waals surface area contributed by atoms with Gasteiger partial charge in [0.2, 0.25) is 11.8 Å². The number of methoxy groups -OCH3 is 1. The van der Waals surface area contributed by atoms with E-state index >= 15 is 0 Å². The smallest absolute Gasteiger partial charge is 0.416 e. The third-order valence-corrected chi connectivity index (χ3v) is 8.59. The summed E-state index contributed by atoms with van der Waals surface area (Å²) in [4.78, 5) is 62.7. The van der Waals surface area contributed by atoms with Gasteiger partial charge in [-0.3, -0.25) is 24.0 Å². The normalized spacial score (nSPS) is 20.1. The molecular weight excluding hydrogens is 667 g/mol. The number of rotatable bonds is 15. The minimum Gasteiger partial charge on any atom is -0.497 e. The lowest BCUT2D eigenvalue weighted by Gasteiger charge is -2.33. The number of aliphatic carboxylic acids is 2. The Hall–Kier alpha value is -4.70. The summed E-state index contributed by atoms with van der Waals surface area (Å²) in [7, 11) is 1.42. The number of aliphatic hydroxyl groups excluding tert-OH is 2. The Kier molecular flexibility index (Phi) is 13.7. The zero-order chi connectivity index (χ0) is 37.3. The molecule has 1 aliphatic rings. The average Bonchev–Trinajstić information content (AvgIpc) is 3.05. The Labute approximate surface area is 286 Å². The van der Waals surface area contributed by atoms with E-state index in [-0.39, 0.29) is 36.8 Å². The van der Waals surface area contributed by atoms with Gasteiger partial charge < -0.3 is 41.1 Å². The van der Waals surface area contributed by atoms with Crippen molar-refractivity contribution in [3.63, 3.8) is 0 Å². The number of aliphatic hydroxyl groups is 2. The summed E-state index contributed by atoms with van der Waals surface area (Å²) in [6, 6.07) is 6.63. The predicted molar refractivity (Wildman–Crippen MR) is 170 cm³/mol. The molecule has 1 fully saturated rings. The summed E-state index contributed by atoms with van der Waals surface area (Å²) in [6.07, 6.45) is -9.34. The Balaban J connectivity index is 1.76. The molecule has 50 heavy (non-hydrogen) atoms. The molecular formula is C34H42F3N3O10. The molecule has 0 spiro atoms. The summed E-state index contributed by atoms with van der Waals surface area (Å²) in [5.74, 6) is -7.02. The molecule has 2 aromatic rings. The number of halogens is 3. The first kappa shape index (κ1) is 39.7. The molecule has 3 unspecified atom stereocenters. The molecule has 0 bridgehead atoms. The van der Waals surface area contributed by atoms with Crippen molar-refractivity contribution in [2.45, 2.75) is 82.5 Å². The van der Waals surface area contributed by atoms with Crippen LogP contribution in [0.5, 0.6) is 5.75 Å². The quantitative estimate of drug-likeness (QED) is 0.144. The molecule has 13 nitrogen and oxygen atoms in total. The highest BCUT2D eigenvalue weighted by atomic mass is 19.4. The van der Waals surface area contributed by atoms with Crippen molar-refractivity contribution in [2.75, 3.05) is 7.11 Å². The molecule has 2 aromatic carbocycles. The molecule has 3 amide bonds. The monoisotopic (exact) mass is 709 g/mol. The molecule has 0 heterocycles. The van der Waals surface area contributed by atoms with Crippen LogP contribution >= 0.6 is 0 Å². The van der Waals surface area contributed by atoms with Crippen molar-refractivity contribution in [2.24, 2.45) is 17.8 Å². The minimum absolute atomic E-state index is 0.0123. The predicted octanol–water partition coefficient (Wildman–Crippen LogP) is 2.44. The molecule has 1 aliphatic carbocycles. The summed E-state index contributed by atoms with van der Waals surface area (Å²) >= 11 is 0. The molecule has 0 saturated heterocycles. The van der Waals surface area contributed by atoms with Gasteiger partial charge in [-0.2, -0.15) is 13.2 Å². The van der Waals surface area contributed by atoms with Crippen LogP contribution in [0.2, 0.25) is 0 Å². The number of hydrogen-bond donors (Lipinski definition) is 7. The van der Waals surface area contributed by atoms with Crippen LogP contribution in [-0.2, 0) is 36.6 Å². The Morgan fingerprint density at radius 2 is 1.48 bits per heavy atom. The third-order valence-electron chi connectivity index (χ3n) is 8.59. The van der Waals surface area contributed by atoms with E-state index in [2.05, 4.69) is 16.0 Å². The SMILES string of the molecule is COc1ccc(C(O)C(=O)N[C@@H](Cc2cccc(C(F)(F)F)c2)[C@@H](O)CC(=O)N[C@H](C(=O)NC2CC(C(=O)O)CC(C(=O)O)C2)C(C)C)cc1. The number of hydrogen-bond acceptors (Lipinski definition) is 8. The van der Waals surface area contributed by atoms with E-state index in [1.807, 2.05) is 0 Å². The second-order valence-corrected chi connectivity index (χ2v) is 12.7. The van der Waals surface area contributed by atoms with Crippen LogP contribution in [0.4, 0.5) is 13.2 Å². The second-order valence-electron chi connectivity index (χ2n) is 12.7. The van der Waals surface area contributed by atoms with Crippen molar-refractivity contribution in [3.05, 3.63) is 65.2 Å². The summed E-state index contributed by atoms with van der Waals surface area (Å²) < 4.78 is 45.3. The Morgan fingerprint density at radius 1 is 0.880 bits per heavy atom. The van der Waals surface area contributed by atoms with Crippen LogP contribution in [0.3, 0.4) is 0 Å². The number of carboxylic acid groups (broad SMARTS) is 2. The fourth-order valence-electron chi connectivity index (χ4n) is 5.84. The molecule has 1 saturated carbocycles. The summed E-state index contributed by atoms with van der Waals surface area (Å²) in [5, 5.41) is 48.3. The van der Waals surface area contributed by atoms with Gasteiger partial charge in [0, 0.05) is 6.04 Å². The highest BCUT2D eigenvalue weighted by Gasteiger charge is 2.38. The lowest BCUT2D eigenvalue weighted by atomic mass is 9.78. The highest BCUT2D eigenvalue weighted by Crippen LogP contribution is 2.31. The van der Waals surface area contributed by atoms with Gasteiger partial charge in [0.1, 0.15) is 11.8 Å². The molecule has 3 rings (SSSR count). The molecule has 16 heteroatoms. The molecule has 274 valence electrons. The first-order chi connectivity index (χ1) is 23.4. The number of nitrogens with one attached hydrogen (secondary N) is 3. The lowest BCUT2D eigenvalue weighted by molar-refractivity contribution is -0.149. The number of ether oxygens (including phenoxy) is 1. The van der Waals surface area contributed by atoms with Gasteiger partial charge in [-0.25, -0.2) is 0 Å². The fourth-order valence-corrected chi connectivity index (χ4v) is 5.84. The number of benzene rings is 2. The second kappa shape index (κ2) is 17.3. The molecule has 0 aromatic heterocycles. The summed E-state index contributed by atoms with van der Waals surface area (Å²) in [5.41, 5.74) is -0.755. The average molecular weight is 710 g/mol. The van der Waals surface area contributed by atoms with Gasteiger partial charge >= 0.3 is 18.1 Å². The van der Waals surface area contributed by atoms with E-state index in [1.165, 1.54) is 37.4 Å². The van der Waals surface area contributed by atoms with Crippen LogP contribution in [0.15, 0.2) is 48.5 Å². The number of carboxylic acids is 2. The van der Waals surface area contributed by atoms with E-state index in [1.54, 1.807) is 13.8 Å². The lowest BCUT2D eigenvalue weighted by Crippen LogP contribution is -2.55. The van der Waals surface area contributed by atoms with Crippen molar-refractivity contribution in [3.8, 4) is 5.75 Å². The van der Waals surface area contributed by atoms with Crippen molar-refractivity contribution in [1.82, 2.24) is 16.0 Å². The largest absolute Gasteiger partial charge is 0.497 e. The topological polar surface area (TPSA) is 212 Å². The van der Waals surface area contributed by atoms with Crippen LogP contribution in [-0.4, -0.2) is 81.4 Å². The molecule has 0 radical (unpaired) electrons. The van der Waals surface area contributed by atoms with Crippen molar-refractivity contribution >= 4 is 29.7 Å². The Bertz CT molecular complexity index is 1500. The fraction of sp³-hybridized carbons (Fsp3) is 0.500. The van der Waals surface area contributed by atoms with Crippen LogP contribution in [0, 0.1) is 17.8 Å². The first-order valence-corrected chi connectivity index (χ1v) is 15.9. The summed E-state index contributed by atoms with van der Waals surface area (Å²) in [6.45, 7) is 3.22. The van der Waals surface area contributed by atoms with E-state index < -0.39 is 95.9 Å². The number of amides is 3. The number of alkyl halides is 3. The highest BCUT2D eigenvalue weighted by molar-refractivity contribution is 5.88. The minimum atomic E-state index is -4.68. The van der Waals surface area contributed by atoms with Crippen molar-refractivity contribution in [1.29, 1.82) is 0 Å². The van der Waals surface area contributed by atoms with E-state index in [4.69, 9.17) is 4.74 Å². The third kappa shape index (κ3) is 11.2. The zero-order valence-corrected chi connectivity index (χ0v) is 27.6. The standard InChI is InChI=1S/C34H42F3N3O10/c1-17(2)28(30(44)38-23-14-20(32(46)47)13-21(15-23)33(48)49)40-27(42)16-26(41)25(12-18-5-4-6-22(11-18)34(35,36)37)39-31(45)29(43)19-7-9-24(50-3)10-8-19/h4-11,17,20-21,23,25-26,28-29,41,43H,12-16H2,1-3H3,(H,38,44)(H,39,45)(H,40,42)(H,46,47)(H,48,49)/t20?,21?,23?,25-,26-,28-,29?/m0/s1. The van der Waals surface area contributed by atoms with Gasteiger partial charge in [0.25, 0.3) is 5.91 Å². The van der Waals surface area contributed by atoms with Gasteiger partial charge in [-0.1, -0.05) is 44.2 Å². The molecule has 7 N–H and O–H groups in total. The number of carbonyl (C=O) groups is 5. The molecule has 6 atom stereocenters. The van der Waals surface area contributed by atoms with Crippen LogP contribution < -0.4 is 20.7 Å². The van der Waals surface area contributed by atoms with E-state index in [0.29, 0.717) is 5.75 Å².